The molecule has 3 aromatic rings. The minimum Gasteiger partial charge on any atom is -0.497 e. The summed E-state index contributed by atoms with van der Waals surface area (Å²) in [6, 6.07) is 7.35. The number of benzene rings is 1. The van der Waals surface area contributed by atoms with Gasteiger partial charge < -0.3 is 19.6 Å². The van der Waals surface area contributed by atoms with Crippen LogP contribution in [-0.2, 0) is 6.54 Å². The van der Waals surface area contributed by atoms with Crippen LogP contribution in [0.25, 0.3) is 11.4 Å². The van der Waals surface area contributed by atoms with Crippen LogP contribution in [0.4, 0.5) is 19.4 Å². The van der Waals surface area contributed by atoms with Crippen LogP contribution in [0, 0.1) is 0 Å². The van der Waals surface area contributed by atoms with Crippen LogP contribution in [-0.4, -0.2) is 75.1 Å². The maximum absolute atomic E-state index is 14.5. The quantitative estimate of drug-likeness (QED) is 0.459. The number of amides is 1. The molecule has 186 valence electrons. The molecule has 0 saturated carbocycles. The lowest BCUT2D eigenvalue weighted by atomic mass is 10.2. The number of carboxylic acid groups (broad SMARTS) is 1. The molecule has 1 aromatic carbocycles. The van der Waals surface area contributed by atoms with E-state index in [2.05, 4.69) is 15.1 Å². The molecule has 0 unspecified atom stereocenters. The molecule has 1 amide bonds. The van der Waals surface area contributed by atoms with E-state index in [1.165, 1.54) is 15.8 Å². The second-order valence-electron chi connectivity index (χ2n) is 7.81. The van der Waals surface area contributed by atoms with Crippen molar-refractivity contribution in [3.8, 4) is 17.1 Å². The Kier molecular flexibility index (Phi) is 7.20. The Morgan fingerprint density at radius 1 is 1.14 bits per heavy atom. The van der Waals surface area contributed by atoms with Gasteiger partial charge in [0.25, 0.3) is 5.92 Å². The molecule has 2 aromatic heterocycles. The molecule has 4 rings (SSSR count). The van der Waals surface area contributed by atoms with Crippen molar-refractivity contribution in [3.63, 3.8) is 0 Å². The molecule has 35 heavy (non-hydrogen) atoms. The van der Waals surface area contributed by atoms with Crippen molar-refractivity contribution >= 4 is 46.7 Å². The SMILES string of the molecule is COc1ccc(Cn2ncc(-c3nc(Cl)c(Cl)c(N4CCN(C(=O)O)CC(F)(F)C4)n3)c2Cl)cc1. The standard InChI is InChI=1S/C21H19Cl3F2N6O3/c1-35-13-4-2-12(3-5-13)9-32-17(24)14(8-27-32)18-28-16(23)15(22)19(29-18)30-6-7-31(20(33)34)11-21(25,26)10-30/h2-5,8H,6-7,9-11H2,1H3,(H,33,34). The Morgan fingerprint density at radius 3 is 2.51 bits per heavy atom. The summed E-state index contributed by atoms with van der Waals surface area (Å²) in [7, 11) is 1.58. The average Bonchev–Trinajstić information content (AvgIpc) is 3.07. The number of alkyl halides is 2. The normalized spacial score (nSPS) is 15.7. The van der Waals surface area contributed by atoms with Crippen LogP contribution in [0.15, 0.2) is 30.5 Å². The lowest BCUT2D eigenvalue weighted by molar-refractivity contribution is -0.0117. The maximum Gasteiger partial charge on any atom is 0.407 e. The number of carbonyl (C=O) groups is 1. The number of rotatable bonds is 5. The number of ether oxygens (including phenoxy) is 1. The smallest absolute Gasteiger partial charge is 0.407 e. The molecule has 1 aliphatic rings. The molecule has 1 fully saturated rings. The fourth-order valence-corrected chi connectivity index (χ4v) is 4.23. The van der Waals surface area contributed by atoms with Gasteiger partial charge >= 0.3 is 6.09 Å². The topological polar surface area (TPSA) is 96.6 Å². The Labute approximate surface area is 213 Å². The third-order valence-electron chi connectivity index (χ3n) is 5.35. The number of nitrogens with zero attached hydrogens (tertiary/aromatic N) is 6. The average molecular weight is 548 g/mol. The van der Waals surface area contributed by atoms with Crippen molar-refractivity contribution < 1.29 is 23.4 Å². The zero-order valence-electron chi connectivity index (χ0n) is 18.3. The molecule has 1 aliphatic heterocycles. The van der Waals surface area contributed by atoms with Crippen LogP contribution in [0.3, 0.4) is 0 Å². The van der Waals surface area contributed by atoms with E-state index in [1.807, 2.05) is 24.3 Å². The summed E-state index contributed by atoms with van der Waals surface area (Å²) in [5.41, 5.74) is 1.24. The molecule has 0 atom stereocenters. The largest absolute Gasteiger partial charge is 0.497 e. The lowest BCUT2D eigenvalue weighted by Crippen LogP contribution is -2.41. The van der Waals surface area contributed by atoms with E-state index in [-0.39, 0.29) is 40.1 Å². The minimum absolute atomic E-state index is 0.0445. The maximum atomic E-state index is 14.5. The van der Waals surface area contributed by atoms with E-state index in [1.54, 1.807) is 7.11 Å². The van der Waals surface area contributed by atoms with Crippen LogP contribution >= 0.6 is 34.8 Å². The third kappa shape index (κ3) is 5.52. The van der Waals surface area contributed by atoms with Crippen molar-refractivity contribution in [2.24, 2.45) is 0 Å². The number of hydrogen-bond acceptors (Lipinski definition) is 6. The first-order valence-corrected chi connectivity index (χ1v) is 11.4. The molecular weight excluding hydrogens is 529 g/mol. The molecule has 0 spiro atoms. The van der Waals surface area contributed by atoms with Gasteiger partial charge in [-0.15, -0.1) is 0 Å². The van der Waals surface area contributed by atoms with Crippen molar-refractivity contribution in [1.29, 1.82) is 0 Å². The van der Waals surface area contributed by atoms with Crippen LogP contribution in [0.1, 0.15) is 5.56 Å². The van der Waals surface area contributed by atoms with E-state index >= 15 is 0 Å². The number of hydrogen-bond donors (Lipinski definition) is 1. The lowest BCUT2D eigenvalue weighted by Gasteiger charge is -2.25. The fraction of sp³-hybridized carbons (Fsp3) is 0.333. The van der Waals surface area contributed by atoms with Crippen LogP contribution < -0.4 is 9.64 Å². The van der Waals surface area contributed by atoms with E-state index in [0.29, 0.717) is 22.8 Å². The second-order valence-corrected chi connectivity index (χ2v) is 8.91. The van der Waals surface area contributed by atoms with Crippen molar-refractivity contribution in [2.45, 2.75) is 12.5 Å². The zero-order valence-corrected chi connectivity index (χ0v) is 20.5. The summed E-state index contributed by atoms with van der Waals surface area (Å²) >= 11 is 19.0. The first-order chi connectivity index (χ1) is 16.6. The molecule has 0 radical (unpaired) electrons. The highest BCUT2D eigenvalue weighted by Gasteiger charge is 2.40. The van der Waals surface area contributed by atoms with E-state index in [4.69, 9.17) is 39.5 Å². The van der Waals surface area contributed by atoms with Gasteiger partial charge in [0.1, 0.15) is 15.9 Å². The summed E-state index contributed by atoms with van der Waals surface area (Å²) in [6.07, 6.45) is 0.00775. The van der Waals surface area contributed by atoms with Crippen LogP contribution in [0.2, 0.25) is 15.3 Å². The van der Waals surface area contributed by atoms with Gasteiger partial charge in [-0.1, -0.05) is 46.9 Å². The number of methoxy groups -OCH3 is 1. The Bertz CT molecular complexity index is 1240. The van der Waals surface area contributed by atoms with Gasteiger partial charge in [0.15, 0.2) is 16.8 Å². The summed E-state index contributed by atoms with van der Waals surface area (Å²) < 4.78 is 35.6. The predicted molar refractivity (Wildman–Crippen MR) is 127 cm³/mol. The number of anilines is 1. The fourth-order valence-electron chi connectivity index (χ4n) is 3.63. The first kappa shape index (κ1) is 25.2. The third-order valence-corrected chi connectivity index (χ3v) is 6.47. The molecule has 9 nitrogen and oxygen atoms in total. The predicted octanol–water partition coefficient (Wildman–Crippen LogP) is 4.79. The molecule has 0 bridgehead atoms. The van der Waals surface area contributed by atoms with Gasteiger partial charge in [0.05, 0.1) is 38.5 Å². The number of halogens is 5. The van der Waals surface area contributed by atoms with Crippen molar-refractivity contribution in [1.82, 2.24) is 24.6 Å². The first-order valence-electron chi connectivity index (χ1n) is 10.3. The van der Waals surface area contributed by atoms with Gasteiger partial charge in [0, 0.05) is 13.1 Å². The van der Waals surface area contributed by atoms with Gasteiger partial charge in [-0.2, -0.15) is 5.10 Å². The molecule has 3 heterocycles. The highest BCUT2D eigenvalue weighted by atomic mass is 35.5. The van der Waals surface area contributed by atoms with Crippen molar-refractivity contribution in [2.75, 3.05) is 38.2 Å². The summed E-state index contributed by atoms with van der Waals surface area (Å²) in [5.74, 6) is -2.63. The molecule has 1 saturated heterocycles. The van der Waals surface area contributed by atoms with Gasteiger partial charge in [0.2, 0.25) is 0 Å². The summed E-state index contributed by atoms with van der Waals surface area (Å²) in [6.45, 7) is -1.63. The van der Waals surface area contributed by atoms with Crippen LogP contribution in [0.5, 0.6) is 5.75 Å². The highest BCUT2D eigenvalue weighted by molar-refractivity contribution is 6.42. The Morgan fingerprint density at radius 2 is 1.86 bits per heavy atom. The summed E-state index contributed by atoms with van der Waals surface area (Å²) in [5, 5.41) is 13.4. The Balaban J connectivity index is 1.65. The Hall–Kier alpha value is -2.89. The monoisotopic (exact) mass is 546 g/mol. The minimum atomic E-state index is -3.34. The zero-order chi connectivity index (χ0) is 25.3. The molecule has 14 heteroatoms. The highest BCUT2D eigenvalue weighted by Crippen LogP contribution is 2.36. The van der Waals surface area contributed by atoms with Gasteiger partial charge in [-0.25, -0.2) is 28.2 Å². The molecular formula is C21H19Cl3F2N6O3. The molecule has 1 N–H and O–H groups in total. The van der Waals surface area contributed by atoms with Gasteiger partial charge in [-0.05, 0) is 17.7 Å². The molecule has 0 aliphatic carbocycles. The summed E-state index contributed by atoms with van der Waals surface area (Å²) in [4.78, 5) is 21.6. The number of aromatic nitrogens is 4. The van der Waals surface area contributed by atoms with Gasteiger partial charge in [-0.3, -0.25) is 0 Å². The second kappa shape index (κ2) is 10.00. The van der Waals surface area contributed by atoms with E-state index < -0.39 is 25.1 Å². The van der Waals surface area contributed by atoms with Crippen molar-refractivity contribution in [3.05, 3.63) is 51.4 Å². The van der Waals surface area contributed by atoms with E-state index in [9.17, 15) is 18.7 Å². The van der Waals surface area contributed by atoms with E-state index in [0.717, 1.165) is 5.56 Å².